The van der Waals surface area contributed by atoms with E-state index in [0.29, 0.717) is 0 Å². The molecule has 1 aromatic carbocycles. The predicted molar refractivity (Wildman–Crippen MR) is 71.9 cm³/mol. The lowest BCUT2D eigenvalue weighted by Crippen LogP contribution is -2.28. The van der Waals surface area contributed by atoms with Crippen molar-refractivity contribution in [2.24, 2.45) is 0 Å². The van der Waals surface area contributed by atoms with Gasteiger partial charge in [-0.3, -0.25) is 4.79 Å². The second-order valence-electron chi connectivity index (χ2n) is 4.56. The number of benzene rings is 1. The molecule has 2 N–H and O–H groups in total. The Morgan fingerprint density at radius 2 is 2.16 bits per heavy atom. The minimum atomic E-state index is -0.723. The van der Waals surface area contributed by atoms with Crippen LogP contribution in [-0.4, -0.2) is 17.6 Å². The summed E-state index contributed by atoms with van der Waals surface area (Å²) < 4.78 is 4.98. The summed E-state index contributed by atoms with van der Waals surface area (Å²) in [6, 6.07) is 9.12. The maximum absolute atomic E-state index is 11.7. The van der Waals surface area contributed by atoms with Gasteiger partial charge in [0.15, 0.2) is 5.76 Å². The third-order valence-electron chi connectivity index (χ3n) is 2.99. The molecule has 1 heterocycles. The Hall–Kier alpha value is -2.07. The number of rotatable bonds is 4. The first kappa shape index (κ1) is 13.4. The second kappa shape index (κ2) is 5.71. The average Bonchev–Trinajstić information content (AvgIpc) is 2.92. The smallest absolute Gasteiger partial charge is 0.287 e. The summed E-state index contributed by atoms with van der Waals surface area (Å²) >= 11 is 0. The van der Waals surface area contributed by atoms with Crippen LogP contribution in [0.3, 0.4) is 0 Å². The number of aliphatic hydroxyl groups excluding tert-OH is 1. The Labute approximate surface area is 112 Å². The highest BCUT2D eigenvalue weighted by Crippen LogP contribution is 2.18. The first-order valence-electron chi connectivity index (χ1n) is 6.15. The first-order valence-corrected chi connectivity index (χ1v) is 6.15. The molecule has 1 aromatic heterocycles. The number of aryl methyl sites for hydroxylation is 2. The highest BCUT2D eigenvalue weighted by Gasteiger charge is 2.14. The molecule has 0 aliphatic rings. The molecule has 0 aliphatic carbocycles. The molecule has 0 saturated carbocycles. The molecule has 1 unspecified atom stereocenters. The number of hydrogen-bond acceptors (Lipinski definition) is 3. The number of furan rings is 1. The summed E-state index contributed by atoms with van der Waals surface area (Å²) in [5.74, 6) is -0.0810. The molecule has 4 nitrogen and oxygen atoms in total. The maximum atomic E-state index is 11.7. The van der Waals surface area contributed by atoms with Crippen LogP contribution >= 0.6 is 0 Å². The molecule has 0 spiro atoms. The van der Waals surface area contributed by atoms with E-state index in [2.05, 4.69) is 5.32 Å². The molecule has 0 fully saturated rings. The van der Waals surface area contributed by atoms with E-state index in [1.807, 2.05) is 32.0 Å². The van der Waals surface area contributed by atoms with E-state index in [1.54, 1.807) is 12.1 Å². The number of nitrogens with one attached hydrogen (secondary N) is 1. The van der Waals surface area contributed by atoms with Crippen LogP contribution in [0.25, 0.3) is 0 Å². The Morgan fingerprint density at radius 3 is 2.84 bits per heavy atom. The van der Waals surface area contributed by atoms with Crippen LogP contribution in [0.2, 0.25) is 0 Å². The normalized spacial score (nSPS) is 12.2. The zero-order valence-corrected chi connectivity index (χ0v) is 11.0. The molecule has 4 heteroatoms. The van der Waals surface area contributed by atoms with Crippen LogP contribution in [0.4, 0.5) is 0 Å². The van der Waals surface area contributed by atoms with Crippen molar-refractivity contribution in [2.75, 3.05) is 6.54 Å². The maximum Gasteiger partial charge on any atom is 0.287 e. The molecule has 1 atom stereocenters. The van der Waals surface area contributed by atoms with E-state index >= 15 is 0 Å². The van der Waals surface area contributed by atoms with Crippen LogP contribution in [0.5, 0.6) is 0 Å². The summed E-state index contributed by atoms with van der Waals surface area (Å²) in [5.41, 5.74) is 2.92. The van der Waals surface area contributed by atoms with Gasteiger partial charge in [-0.1, -0.05) is 23.8 Å². The monoisotopic (exact) mass is 259 g/mol. The van der Waals surface area contributed by atoms with Gasteiger partial charge >= 0.3 is 0 Å². The molecule has 1 amide bonds. The van der Waals surface area contributed by atoms with Crippen LogP contribution in [0.1, 0.15) is 33.3 Å². The van der Waals surface area contributed by atoms with E-state index in [0.717, 1.165) is 16.7 Å². The van der Waals surface area contributed by atoms with Crippen LogP contribution in [-0.2, 0) is 0 Å². The fraction of sp³-hybridized carbons (Fsp3) is 0.267. The topological polar surface area (TPSA) is 62.5 Å². The van der Waals surface area contributed by atoms with Crippen molar-refractivity contribution in [3.05, 3.63) is 59.0 Å². The fourth-order valence-electron chi connectivity index (χ4n) is 1.91. The van der Waals surface area contributed by atoms with E-state index in [1.165, 1.54) is 6.26 Å². The molecular formula is C15H17NO3. The molecule has 100 valence electrons. The van der Waals surface area contributed by atoms with E-state index in [4.69, 9.17) is 4.42 Å². The lowest BCUT2D eigenvalue weighted by atomic mass is 10.0. The quantitative estimate of drug-likeness (QED) is 0.886. The SMILES string of the molecule is Cc1ccc(C)c(C(O)CNC(=O)c2ccco2)c1. The highest BCUT2D eigenvalue weighted by atomic mass is 16.3. The van der Waals surface area contributed by atoms with E-state index in [9.17, 15) is 9.90 Å². The summed E-state index contributed by atoms with van der Waals surface area (Å²) in [5, 5.41) is 12.8. The van der Waals surface area contributed by atoms with Crippen molar-refractivity contribution in [3.63, 3.8) is 0 Å². The average molecular weight is 259 g/mol. The van der Waals surface area contributed by atoms with Crippen LogP contribution in [0, 0.1) is 13.8 Å². The number of hydrogen-bond donors (Lipinski definition) is 2. The Bertz CT molecular complexity index is 561. The highest BCUT2D eigenvalue weighted by molar-refractivity contribution is 5.91. The summed E-state index contributed by atoms with van der Waals surface area (Å²) in [4.78, 5) is 11.7. The minimum absolute atomic E-state index is 0.157. The Balaban J connectivity index is 1.99. The van der Waals surface area contributed by atoms with Gasteiger partial charge in [0.2, 0.25) is 0 Å². The molecule has 0 aliphatic heterocycles. The van der Waals surface area contributed by atoms with Gasteiger partial charge in [-0.25, -0.2) is 0 Å². The van der Waals surface area contributed by atoms with Crippen molar-refractivity contribution in [1.82, 2.24) is 5.32 Å². The number of carbonyl (C=O) groups is 1. The molecule has 2 aromatic rings. The molecular weight excluding hydrogens is 242 g/mol. The number of carbonyl (C=O) groups excluding carboxylic acids is 1. The van der Waals surface area contributed by atoms with Crippen molar-refractivity contribution >= 4 is 5.91 Å². The number of aliphatic hydroxyl groups is 1. The first-order chi connectivity index (χ1) is 9.08. The van der Waals surface area contributed by atoms with Crippen molar-refractivity contribution in [2.45, 2.75) is 20.0 Å². The van der Waals surface area contributed by atoms with Gasteiger partial charge in [0.1, 0.15) is 0 Å². The molecule has 0 radical (unpaired) electrons. The van der Waals surface area contributed by atoms with E-state index < -0.39 is 6.10 Å². The van der Waals surface area contributed by atoms with E-state index in [-0.39, 0.29) is 18.2 Å². The zero-order valence-electron chi connectivity index (χ0n) is 11.0. The third kappa shape index (κ3) is 3.23. The van der Waals surface area contributed by atoms with Crippen molar-refractivity contribution in [1.29, 1.82) is 0 Å². The second-order valence-corrected chi connectivity index (χ2v) is 4.56. The van der Waals surface area contributed by atoms with Gasteiger partial charge in [-0.15, -0.1) is 0 Å². The summed E-state index contributed by atoms with van der Waals surface area (Å²) in [6.45, 7) is 4.06. The third-order valence-corrected chi connectivity index (χ3v) is 2.99. The van der Waals surface area contributed by atoms with Crippen LogP contribution < -0.4 is 5.32 Å². The summed E-state index contributed by atoms with van der Waals surface area (Å²) in [7, 11) is 0. The minimum Gasteiger partial charge on any atom is -0.459 e. The molecule has 0 saturated heterocycles. The zero-order chi connectivity index (χ0) is 13.8. The van der Waals surface area contributed by atoms with Gasteiger partial charge in [0, 0.05) is 6.54 Å². The lowest BCUT2D eigenvalue weighted by Gasteiger charge is -2.15. The predicted octanol–water partition coefficient (Wildman–Crippen LogP) is 2.36. The Kier molecular flexibility index (Phi) is 4.02. The number of amides is 1. The summed E-state index contributed by atoms with van der Waals surface area (Å²) in [6.07, 6.45) is 0.717. The fourth-order valence-corrected chi connectivity index (χ4v) is 1.91. The van der Waals surface area contributed by atoms with Gasteiger partial charge < -0.3 is 14.8 Å². The molecule has 2 rings (SSSR count). The largest absolute Gasteiger partial charge is 0.459 e. The van der Waals surface area contributed by atoms with Gasteiger partial charge in [-0.05, 0) is 37.1 Å². The van der Waals surface area contributed by atoms with Crippen molar-refractivity contribution in [3.8, 4) is 0 Å². The molecule has 0 bridgehead atoms. The van der Waals surface area contributed by atoms with Crippen molar-refractivity contribution < 1.29 is 14.3 Å². The lowest BCUT2D eigenvalue weighted by molar-refractivity contribution is 0.0888. The standard InChI is InChI=1S/C15H17NO3/c1-10-5-6-11(2)12(8-10)13(17)9-16-15(18)14-4-3-7-19-14/h3-8,13,17H,9H2,1-2H3,(H,16,18). The van der Waals surface area contributed by atoms with Gasteiger partial charge in [0.05, 0.1) is 12.4 Å². The van der Waals surface area contributed by atoms with Gasteiger partial charge in [-0.2, -0.15) is 0 Å². The molecule has 19 heavy (non-hydrogen) atoms. The van der Waals surface area contributed by atoms with Crippen LogP contribution in [0.15, 0.2) is 41.0 Å². The Morgan fingerprint density at radius 1 is 1.37 bits per heavy atom. The van der Waals surface area contributed by atoms with Gasteiger partial charge in [0.25, 0.3) is 5.91 Å².